The number of benzene rings is 2. The van der Waals surface area contributed by atoms with Crippen molar-refractivity contribution in [2.75, 3.05) is 44.9 Å². The molecule has 1 spiro atoms. The Morgan fingerprint density at radius 2 is 1.67 bits per heavy atom. The van der Waals surface area contributed by atoms with Crippen molar-refractivity contribution in [1.82, 2.24) is 9.80 Å². The maximum absolute atomic E-state index is 13.0. The van der Waals surface area contributed by atoms with Gasteiger partial charge in [-0.25, -0.2) is 4.79 Å². The van der Waals surface area contributed by atoms with Crippen LogP contribution in [0.4, 0.5) is 10.5 Å². The number of hydrogen-bond donors (Lipinski definition) is 1. The fourth-order valence-electron chi connectivity index (χ4n) is 4.30. The van der Waals surface area contributed by atoms with E-state index in [-0.39, 0.29) is 16.8 Å². The molecule has 2 aromatic carbocycles. The molecule has 0 saturated carbocycles. The van der Waals surface area contributed by atoms with E-state index >= 15 is 0 Å². The van der Waals surface area contributed by atoms with E-state index in [1.807, 2.05) is 53.1 Å². The van der Waals surface area contributed by atoms with E-state index in [1.165, 1.54) is 0 Å². The van der Waals surface area contributed by atoms with Gasteiger partial charge in [0.15, 0.2) is 0 Å². The maximum Gasteiger partial charge on any atom is 0.321 e. The zero-order valence-corrected chi connectivity index (χ0v) is 19.8. The minimum Gasteiger partial charge on any atom is -0.497 e. The molecule has 2 saturated heterocycles. The number of piperidine rings is 1. The Bertz CT molecular complexity index is 997. The fourth-order valence-corrected chi connectivity index (χ4v) is 5.76. The summed E-state index contributed by atoms with van der Waals surface area (Å²) in [5.41, 5.74) is 1.63. The van der Waals surface area contributed by atoms with E-state index in [9.17, 15) is 9.59 Å². The number of hydrogen-bond acceptors (Lipinski definition) is 5. The summed E-state index contributed by atoms with van der Waals surface area (Å²) in [6.45, 7) is 1.91. The first-order chi connectivity index (χ1) is 16.0. The van der Waals surface area contributed by atoms with E-state index < -0.39 is 0 Å². The van der Waals surface area contributed by atoms with Crippen LogP contribution in [0.25, 0.3) is 6.08 Å². The second-order valence-electron chi connectivity index (χ2n) is 8.05. The lowest BCUT2D eigenvalue weighted by Crippen LogP contribution is -2.53. The van der Waals surface area contributed by atoms with Crippen LogP contribution in [0, 0.1) is 0 Å². The summed E-state index contributed by atoms with van der Waals surface area (Å²) in [4.78, 5) is 29.4. The third kappa shape index (κ3) is 5.27. The van der Waals surface area contributed by atoms with Gasteiger partial charge in [0, 0.05) is 55.3 Å². The average molecular weight is 468 g/mol. The van der Waals surface area contributed by atoms with E-state index in [4.69, 9.17) is 9.47 Å². The number of ether oxygens (including phenoxy) is 2. The van der Waals surface area contributed by atoms with Gasteiger partial charge in [0.2, 0.25) is 5.91 Å². The number of nitrogens with zero attached hydrogens (tertiary/aromatic N) is 2. The van der Waals surface area contributed by atoms with Gasteiger partial charge in [0.1, 0.15) is 11.5 Å². The Morgan fingerprint density at radius 3 is 2.30 bits per heavy atom. The lowest BCUT2D eigenvalue weighted by Gasteiger charge is -2.43. The lowest BCUT2D eigenvalue weighted by atomic mass is 10.0. The lowest BCUT2D eigenvalue weighted by molar-refractivity contribution is -0.129. The Labute approximate surface area is 198 Å². The van der Waals surface area contributed by atoms with Crippen LogP contribution in [-0.2, 0) is 4.79 Å². The molecule has 2 aliphatic rings. The molecule has 174 valence electrons. The summed E-state index contributed by atoms with van der Waals surface area (Å²) in [6, 6.07) is 15.0. The molecule has 2 aliphatic heterocycles. The van der Waals surface area contributed by atoms with Crippen LogP contribution in [-0.4, -0.2) is 66.2 Å². The summed E-state index contributed by atoms with van der Waals surface area (Å²) < 4.78 is 10.6. The van der Waals surface area contributed by atoms with E-state index in [0.29, 0.717) is 30.3 Å². The summed E-state index contributed by atoms with van der Waals surface area (Å²) in [7, 11) is 3.15. The number of carbonyl (C=O) groups excluding carboxylic acids is 2. The van der Waals surface area contributed by atoms with Crippen molar-refractivity contribution < 1.29 is 19.1 Å². The van der Waals surface area contributed by atoms with Crippen LogP contribution >= 0.6 is 11.8 Å². The van der Waals surface area contributed by atoms with Gasteiger partial charge >= 0.3 is 6.03 Å². The fraction of sp³-hybridized carbons (Fsp3) is 0.360. The number of carbonyl (C=O) groups is 2. The van der Waals surface area contributed by atoms with Crippen LogP contribution in [0.2, 0.25) is 0 Å². The van der Waals surface area contributed by atoms with Gasteiger partial charge in [-0.3, -0.25) is 4.79 Å². The number of methoxy groups -OCH3 is 2. The highest BCUT2D eigenvalue weighted by Gasteiger charge is 2.46. The number of rotatable bonds is 5. The van der Waals surface area contributed by atoms with Crippen molar-refractivity contribution in [2.45, 2.75) is 17.7 Å². The second-order valence-corrected chi connectivity index (χ2v) is 9.50. The smallest absolute Gasteiger partial charge is 0.321 e. The number of likely N-dealkylation sites (tertiary alicyclic amines) is 1. The van der Waals surface area contributed by atoms with Gasteiger partial charge in [-0.1, -0.05) is 30.3 Å². The molecule has 2 heterocycles. The second kappa shape index (κ2) is 10.2. The zero-order chi connectivity index (χ0) is 23.3. The molecule has 1 N–H and O–H groups in total. The molecule has 0 aromatic heterocycles. The highest BCUT2D eigenvalue weighted by molar-refractivity contribution is 8.00. The first-order valence-corrected chi connectivity index (χ1v) is 12.0. The normalized spacial score (nSPS) is 17.4. The monoisotopic (exact) mass is 467 g/mol. The molecule has 4 rings (SSSR count). The summed E-state index contributed by atoms with van der Waals surface area (Å²) in [5, 5.41) is 2.94. The predicted molar refractivity (Wildman–Crippen MR) is 132 cm³/mol. The van der Waals surface area contributed by atoms with Gasteiger partial charge in [0.25, 0.3) is 0 Å². The molecule has 2 fully saturated rings. The van der Waals surface area contributed by atoms with E-state index in [0.717, 1.165) is 30.7 Å². The van der Waals surface area contributed by atoms with Gasteiger partial charge in [0.05, 0.1) is 19.1 Å². The van der Waals surface area contributed by atoms with Crippen molar-refractivity contribution >= 4 is 35.5 Å². The molecule has 0 radical (unpaired) electrons. The number of amides is 3. The minimum absolute atomic E-state index is 0.0326. The van der Waals surface area contributed by atoms with Crippen molar-refractivity contribution in [3.05, 3.63) is 60.2 Å². The molecule has 3 amide bonds. The van der Waals surface area contributed by atoms with E-state index in [1.54, 1.807) is 43.4 Å². The molecular formula is C25H29N3O4S. The maximum atomic E-state index is 13.0. The van der Waals surface area contributed by atoms with Crippen LogP contribution in [0.3, 0.4) is 0 Å². The standard InChI is InChI=1S/C25H29N3O4S/c1-31-21-16-20(17-22(18-21)32-2)26-24(30)27-12-10-25(11-13-27)28(14-15-33-25)23(29)9-8-19-6-4-3-5-7-19/h3-9,16-18H,10-15H2,1-2H3,(H,26,30)/b9-8+. The van der Waals surface area contributed by atoms with Crippen molar-refractivity contribution in [3.63, 3.8) is 0 Å². The highest BCUT2D eigenvalue weighted by Crippen LogP contribution is 2.44. The van der Waals surface area contributed by atoms with Gasteiger partial charge in [-0.2, -0.15) is 0 Å². The zero-order valence-electron chi connectivity index (χ0n) is 19.0. The van der Waals surface area contributed by atoms with Crippen LogP contribution < -0.4 is 14.8 Å². The summed E-state index contributed by atoms with van der Waals surface area (Å²) in [6.07, 6.45) is 5.02. The highest BCUT2D eigenvalue weighted by atomic mass is 32.2. The van der Waals surface area contributed by atoms with Crippen molar-refractivity contribution in [1.29, 1.82) is 0 Å². The van der Waals surface area contributed by atoms with Gasteiger partial charge in [-0.15, -0.1) is 11.8 Å². The van der Waals surface area contributed by atoms with Crippen molar-refractivity contribution in [2.24, 2.45) is 0 Å². The third-order valence-electron chi connectivity index (χ3n) is 6.10. The topological polar surface area (TPSA) is 71.1 Å². The van der Waals surface area contributed by atoms with Gasteiger partial charge < -0.3 is 24.6 Å². The summed E-state index contributed by atoms with van der Waals surface area (Å²) >= 11 is 1.83. The third-order valence-corrected chi connectivity index (χ3v) is 7.65. The number of nitrogens with one attached hydrogen (secondary N) is 1. The summed E-state index contributed by atoms with van der Waals surface area (Å²) in [5.74, 6) is 2.18. The Balaban J connectivity index is 1.37. The molecule has 0 aliphatic carbocycles. The molecular weight excluding hydrogens is 438 g/mol. The van der Waals surface area contributed by atoms with E-state index in [2.05, 4.69) is 5.32 Å². The number of anilines is 1. The molecule has 7 nitrogen and oxygen atoms in total. The number of urea groups is 1. The first kappa shape index (κ1) is 23.0. The van der Waals surface area contributed by atoms with Crippen LogP contribution in [0.15, 0.2) is 54.6 Å². The Morgan fingerprint density at radius 1 is 1.00 bits per heavy atom. The first-order valence-electron chi connectivity index (χ1n) is 11.0. The van der Waals surface area contributed by atoms with Gasteiger partial charge in [-0.05, 0) is 24.5 Å². The molecule has 0 unspecified atom stereocenters. The Kier molecular flexibility index (Phi) is 7.13. The molecule has 0 bridgehead atoms. The average Bonchev–Trinajstić information content (AvgIpc) is 3.26. The number of thioether (sulfide) groups is 1. The SMILES string of the molecule is COc1cc(NC(=O)N2CCC3(CC2)SCCN3C(=O)/C=C/c2ccccc2)cc(OC)c1. The Hall–Kier alpha value is -3.13. The molecule has 0 atom stereocenters. The van der Waals surface area contributed by atoms with Crippen LogP contribution in [0.1, 0.15) is 18.4 Å². The molecule has 33 heavy (non-hydrogen) atoms. The minimum atomic E-state index is -0.242. The van der Waals surface area contributed by atoms with Crippen molar-refractivity contribution in [3.8, 4) is 11.5 Å². The largest absolute Gasteiger partial charge is 0.497 e. The molecule has 2 aromatic rings. The molecule has 8 heteroatoms. The van der Waals surface area contributed by atoms with Crippen LogP contribution in [0.5, 0.6) is 11.5 Å². The predicted octanol–water partition coefficient (Wildman–Crippen LogP) is 4.32. The quantitative estimate of drug-likeness (QED) is 0.664.